The third kappa shape index (κ3) is 2.14. The number of nitrogens with zero attached hydrogens (tertiary/aromatic N) is 1. The van der Waals surface area contributed by atoms with Gasteiger partial charge in [-0.3, -0.25) is 4.79 Å². The molecule has 2 aliphatic rings. The molecule has 96 valence electrons. The molecule has 3 heteroatoms. The number of hydrogen-bond donors (Lipinski definition) is 1. The SMILES string of the molecule is Cc1cc(C)nc(NC(=O)[C@H]2C[C@H]3CC[C@H]2C3)c1. The van der Waals surface area contributed by atoms with E-state index in [-0.39, 0.29) is 11.8 Å². The van der Waals surface area contributed by atoms with Crippen molar-refractivity contribution in [2.45, 2.75) is 39.5 Å². The van der Waals surface area contributed by atoms with E-state index in [0.717, 1.165) is 23.6 Å². The summed E-state index contributed by atoms with van der Waals surface area (Å²) in [5.74, 6) is 2.55. The summed E-state index contributed by atoms with van der Waals surface area (Å²) in [5.41, 5.74) is 2.10. The largest absolute Gasteiger partial charge is 0.310 e. The Bertz CT molecular complexity index is 463. The van der Waals surface area contributed by atoms with Crippen molar-refractivity contribution in [3.05, 3.63) is 23.4 Å². The van der Waals surface area contributed by atoms with Crippen molar-refractivity contribution >= 4 is 11.7 Å². The van der Waals surface area contributed by atoms with Crippen molar-refractivity contribution in [2.75, 3.05) is 5.32 Å². The van der Waals surface area contributed by atoms with Crippen LogP contribution in [0.1, 0.15) is 36.9 Å². The van der Waals surface area contributed by atoms with Crippen molar-refractivity contribution in [1.82, 2.24) is 4.98 Å². The molecule has 3 atom stereocenters. The number of hydrogen-bond acceptors (Lipinski definition) is 2. The third-order valence-corrected chi connectivity index (χ3v) is 4.42. The molecule has 1 heterocycles. The Morgan fingerprint density at radius 1 is 1.28 bits per heavy atom. The quantitative estimate of drug-likeness (QED) is 0.868. The average Bonchev–Trinajstić information content (AvgIpc) is 2.88. The number of carbonyl (C=O) groups is 1. The van der Waals surface area contributed by atoms with Gasteiger partial charge in [0.25, 0.3) is 0 Å². The fourth-order valence-electron chi connectivity index (χ4n) is 3.69. The van der Waals surface area contributed by atoms with Gasteiger partial charge in [-0.2, -0.15) is 0 Å². The first-order chi connectivity index (χ1) is 8.61. The van der Waals surface area contributed by atoms with Crippen molar-refractivity contribution in [2.24, 2.45) is 17.8 Å². The van der Waals surface area contributed by atoms with E-state index in [1.54, 1.807) is 0 Å². The van der Waals surface area contributed by atoms with Crippen LogP contribution in [0.15, 0.2) is 12.1 Å². The number of anilines is 1. The van der Waals surface area contributed by atoms with Crippen LogP contribution >= 0.6 is 0 Å². The summed E-state index contributed by atoms with van der Waals surface area (Å²) in [4.78, 5) is 16.7. The fourth-order valence-corrected chi connectivity index (χ4v) is 3.69. The van der Waals surface area contributed by atoms with Gasteiger partial charge in [0.2, 0.25) is 5.91 Å². The number of carbonyl (C=O) groups excluding carboxylic acids is 1. The number of nitrogens with one attached hydrogen (secondary N) is 1. The topological polar surface area (TPSA) is 42.0 Å². The molecule has 1 N–H and O–H groups in total. The molecule has 2 saturated carbocycles. The summed E-state index contributed by atoms with van der Waals surface area (Å²) < 4.78 is 0. The van der Waals surface area contributed by atoms with E-state index < -0.39 is 0 Å². The molecule has 1 amide bonds. The Hall–Kier alpha value is -1.38. The van der Waals surface area contributed by atoms with Crippen molar-refractivity contribution in [3.8, 4) is 0 Å². The van der Waals surface area contributed by atoms with E-state index in [0.29, 0.717) is 11.7 Å². The van der Waals surface area contributed by atoms with E-state index in [2.05, 4.69) is 10.3 Å². The van der Waals surface area contributed by atoms with Crippen LogP contribution in [-0.2, 0) is 4.79 Å². The van der Waals surface area contributed by atoms with Crippen molar-refractivity contribution < 1.29 is 4.79 Å². The first-order valence-electron chi connectivity index (χ1n) is 6.88. The van der Waals surface area contributed by atoms with E-state index >= 15 is 0 Å². The Balaban J connectivity index is 1.70. The molecule has 2 aliphatic carbocycles. The number of pyridine rings is 1. The normalized spacial score (nSPS) is 29.6. The lowest BCUT2D eigenvalue weighted by Crippen LogP contribution is -2.27. The van der Waals surface area contributed by atoms with Crippen molar-refractivity contribution in [3.63, 3.8) is 0 Å². The maximum Gasteiger partial charge on any atom is 0.228 e. The lowest BCUT2D eigenvalue weighted by atomic mass is 9.88. The minimum absolute atomic E-state index is 0.180. The first-order valence-corrected chi connectivity index (χ1v) is 6.88. The van der Waals surface area contributed by atoms with Gasteiger partial charge < -0.3 is 5.32 Å². The summed E-state index contributed by atoms with van der Waals surface area (Å²) in [7, 11) is 0. The monoisotopic (exact) mass is 244 g/mol. The minimum atomic E-state index is 0.180. The van der Waals surface area contributed by atoms with Gasteiger partial charge in [0.15, 0.2) is 0 Å². The molecule has 3 nitrogen and oxygen atoms in total. The van der Waals surface area contributed by atoms with Gasteiger partial charge in [-0.05, 0) is 62.6 Å². The zero-order valence-electron chi connectivity index (χ0n) is 11.1. The van der Waals surface area contributed by atoms with Gasteiger partial charge in [-0.25, -0.2) is 4.98 Å². The number of aromatic nitrogens is 1. The summed E-state index contributed by atoms with van der Waals surface area (Å²) in [6, 6.07) is 3.96. The molecule has 0 spiro atoms. The highest BCUT2D eigenvalue weighted by Crippen LogP contribution is 2.48. The maximum atomic E-state index is 12.3. The third-order valence-electron chi connectivity index (χ3n) is 4.42. The molecule has 3 rings (SSSR count). The van der Waals surface area contributed by atoms with E-state index in [4.69, 9.17) is 0 Å². The highest BCUT2D eigenvalue weighted by molar-refractivity contribution is 5.92. The van der Waals surface area contributed by atoms with E-state index in [9.17, 15) is 4.79 Å². The molecule has 1 aromatic heterocycles. The average molecular weight is 244 g/mol. The number of aryl methyl sites for hydroxylation is 2. The van der Waals surface area contributed by atoms with E-state index in [1.165, 1.54) is 19.3 Å². The highest BCUT2D eigenvalue weighted by atomic mass is 16.2. The maximum absolute atomic E-state index is 12.3. The fraction of sp³-hybridized carbons (Fsp3) is 0.600. The van der Waals surface area contributed by atoms with Crippen LogP contribution in [-0.4, -0.2) is 10.9 Å². The Labute approximate surface area is 108 Å². The molecule has 1 aromatic rings. The molecular formula is C15H20N2O. The van der Waals surface area contributed by atoms with Crippen LogP contribution in [0.5, 0.6) is 0 Å². The van der Waals surface area contributed by atoms with Gasteiger partial charge in [0, 0.05) is 11.6 Å². The second-order valence-corrected chi connectivity index (χ2v) is 5.94. The number of rotatable bonds is 2. The number of amides is 1. The van der Waals surface area contributed by atoms with Crippen LogP contribution in [0.4, 0.5) is 5.82 Å². The summed E-state index contributed by atoms with van der Waals surface area (Å²) in [5, 5.41) is 3.00. The lowest BCUT2D eigenvalue weighted by molar-refractivity contribution is -0.121. The molecule has 0 aliphatic heterocycles. The van der Waals surface area contributed by atoms with Crippen molar-refractivity contribution in [1.29, 1.82) is 0 Å². The summed E-state index contributed by atoms with van der Waals surface area (Å²) in [6.07, 6.45) is 4.92. The van der Waals surface area contributed by atoms with Crippen LogP contribution in [0.25, 0.3) is 0 Å². The summed E-state index contributed by atoms with van der Waals surface area (Å²) in [6.45, 7) is 3.99. The minimum Gasteiger partial charge on any atom is -0.310 e. The van der Waals surface area contributed by atoms with Gasteiger partial charge in [-0.1, -0.05) is 6.42 Å². The lowest BCUT2D eigenvalue weighted by Gasteiger charge is -2.20. The zero-order chi connectivity index (χ0) is 12.7. The molecule has 0 saturated heterocycles. The Morgan fingerprint density at radius 2 is 2.11 bits per heavy atom. The molecular weight excluding hydrogens is 224 g/mol. The number of fused-ring (bicyclic) bond motifs is 2. The smallest absolute Gasteiger partial charge is 0.228 e. The Kier molecular flexibility index (Phi) is 2.84. The zero-order valence-corrected chi connectivity index (χ0v) is 11.1. The summed E-state index contributed by atoms with van der Waals surface area (Å²) >= 11 is 0. The second kappa shape index (κ2) is 4.38. The van der Waals surface area contributed by atoms with Gasteiger partial charge in [0.1, 0.15) is 5.82 Å². The van der Waals surface area contributed by atoms with Gasteiger partial charge in [0.05, 0.1) is 0 Å². The van der Waals surface area contributed by atoms with Crippen LogP contribution in [0.2, 0.25) is 0 Å². The van der Waals surface area contributed by atoms with Crippen LogP contribution in [0, 0.1) is 31.6 Å². The predicted octanol–water partition coefficient (Wildman–Crippen LogP) is 3.07. The van der Waals surface area contributed by atoms with Gasteiger partial charge >= 0.3 is 0 Å². The first kappa shape index (κ1) is 11.7. The van der Waals surface area contributed by atoms with Crippen LogP contribution < -0.4 is 5.32 Å². The molecule has 2 bridgehead atoms. The molecule has 18 heavy (non-hydrogen) atoms. The molecule has 0 radical (unpaired) electrons. The molecule has 0 unspecified atom stereocenters. The predicted molar refractivity (Wildman–Crippen MR) is 71.3 cm³/mol. The standard InChI is InChI=1S/C15H20N2O/c1-9-5-10(2)16-14(6-9)17-15(18)13-8-11-3-4-12(13)7-11/h5-6,11-13H,3-4,7-8H2,1-2H3,(H,16,17,18)/t11-,12-,13-/m0/s1. The van der Waals surface area contributed by atoms with E-state index in [1.807, 2.05) is 26.0 Å². The second-order valence-electron chi connectivity index (χ2n) is 5.94. The molecule has 2 fully saturated rings. The highest BCUT2D eigenvalue weighted by Gasteiger charge is 2.43. The molecule has 0 aromatic carbocycles. The van der Waals surface area contributed by atoms with Crippen LogP contribution in [0.3, 0.4) is 0 Å². The van der Waals surface area contributed by atoms with Gasteiger partial charge in [-0.15, -0.1) is 0 Å². The Morgan fingerprint density at radius 3 is 2.72 bits per heavy atom.